The van der Waals surface area contributed by atoms with E-state index in [1.54, 1.807) is 0 Å². The Bertz CT molecular complexity index is 149. The average Bonchev–Trinajstić information content (AvgIpc) is 2.01. The highest BCUT2D eigenvalue weighted by atomic mass is 16.1. The Hall–Kier alpha value is -0.590. The largest absolute Gasteiger partial charge is 0.303 e. The van der Waals surface area contributed by atoms with Crippen LogP contribution in [0.2, 0.25) is 0 Å². The molecule has 0 saturated heterocycles. The van der Waals surface area contributed by atoms with Crippen LogP contribution in [0.25, 0.3) is 0 Å². The normalized spacial score (nSPS) is 30.3. The third-order valence-corrected chi connectivity index (χ3v) is 2.31. The lowest BCUT2D eigenvalue weighted by molar-refractivity contribution is -0.108. The van der Waals surface area contributed by atoms with Crippen LogP contribution in [-0.4, -0.2) is 6.29 Å². The fraction of sp³-hybridized carbons (Fsp3) is 0.700. The van der Waals surface area contributed by atoms with E-state index in [0.717, 1.165) is 25.0 Å². The standard InChI is InChI=1S/C10H16O/c1-9-4-2-5-10(8-9)6-3-7-11/h2,5,7,9-10H,3-4,6,8H2,1H3. The van der Waals surface area contributed by atoms with Crippen LogP contribution in [0.4, 0.5) is 0 Å². The van der Waals surface area contributed by atoms with Gasteiger partial charge in [-0.15, -0.1) is 0 Å². The van der Waals surface area contributed by atoms with Gasteiger partial charge in [-0.3, -0.25) is 0 Å². The summed E-state index contributed by atoms with van der Waals surface area (Å²) < 4.78 is 0. The molecular formula is C10H16O. The third-order valence-electron chi connectivity index (χ3n) is 2.31. The van der Waals surface area contributed by atoms with Crippen molar-refractivity contribution in [1.82, 2.24) is 0 Å². The topological polar surface area (TPSA) is 17.1 Å². The summed E-state index contributed by atoms with van der Waals surface area (Å²) in [7, 11) is 0. The van der Waals surface area contributed by atoms with E-state index in [1.807, 2.05) is 0 Å². The average molecular weight is 152 g/mol. The van der Waals surface area contributed by atoms with Gasteiger partial charge in [-0.25, -0.2) is 0 Å². The molecule has 0 aromatic heterocycles. The van der Waals surface area contributed by atoms with Gasteiger partial charge in [-0.05, 0) is 31.1 Å². The number of hydrogen-bond acceptors (Lipinski definition) is 1. The molecule has 62 valence electrons. The van der Waals surface area contributed by atoms with Crippen LogP contribution in [0, 0.1) is 11.8 Å². The number of aldehydes is 1. The molecule has 1 rings (SSSR count). The van der Waals surface area contributed by atoms with Crippen molar-refractivity contribution in [3.8, 4) is 0 Å². The predicted molar refractivity (Wildman–Crippen MR) is 46.3 cm³/mol. The molecule has 1 aliphatic rings. The van der Waals surface area contributed by atoms with Crippen molar-refractivity contribution in [2.24, 2.45) is 11.8 Å². The lowest BCUT2D eigenvalue weighted by atomic mass is 9.85. The molecule has 0 amide bonds. The van der Waals surface area contributed by atoms with Crippen LogP contribution in [0.3, 0.4) is 0 Å². The second-order valence-electron chi connectivity index (χ2n) is 3.51. The van der Waals surface area contributed by atoms with Crippen LogP contribution in [0.1, 0.15) is 32.6 Å². The minimum atomic E-state index is 0.670. The van der Waals surface area contributed by atoms with E-state index < -0.39 is 0 Å². The van der Waals surface area contributed by atoms with E-state index in [-0.39, 0.29) is 0 Å². The number of carbonyl (C=O) groups is 1. The molecule has 1 nitrogen and oxygen atoms in total. The maximum absolute atomic E-state index is 10.1. The van der Waals surface area contributed by atoms with Crippen molar-refractivity contribution in [3.05, 3.63) is 12.2 Å². The van der Waals surface area contributed by atoms with Crippen LogP contribution < -0.4 is 0 Å². The summed E-state index contributed by atoms with van der Waals surface area (Å²) in [6.45, 7) is 2.28. The molecule has 11 heavy (non-hydrogen) atoms. The first-order valence-electron chi connectivity index (χ1n) is 4.43. The summed E-state index contributed by atoms with van der Waals surface area (Å²) in [5, 5.41) is 0. The first kappa shape index (κ1) is 8.51. The predicted octanol–water partition coefficient (Wildman–Crippen LogP) is 2.57. The molecule has 2 unspecified atom stereocenters. The van der Waals surface area contributed by atoms with Gasteiger partial charge in [0, 0.05) is 6.42 Å². The molecule has 0 bridgehead atoms. The van der Waals surface area contributed by atoms with E-state index in [2.05, 4.69) is 19.1 Å². The van der Waals surface area contributed by atoms with Crippen molar-refractivity contribution in [2.45, 2.75) is 32.6 Å². The van der Waals surface area contributed by atoms with E-state index in [9.17, 15) is 4.79 Å². The summed E-state index contributed by atoms with van der Waals surface area (Å²) >= 11 is 0. The summed E-state index contributed by atoms with van der Waals surface area (Å²) in [5.74, 6) is 1.49. The molecule has 0 fully saturated rings. The SMILES string of the molecule is CC1CC=CC(CCC=O)C1. The molecule has 0 radical (unpaired) electrons. The molecule has 0 N–H and O–H groups in total. The quantitative estimate of drug-likeness (QED) is 0.448. The zero-order chi connectivity index (χ0) is 8.10. The van der Waals surface area contributed by atoms with Crippen LogP contribution in [0.15, 0.2) is 12.2 Å². The minimum absolute atomic E-state index is 0.670. The number of rotatable bonds is 3. The molecule has 0 spiro atoms. The summed E-state index contributed by atoms with van der Waals surface area (Å²) in [4.78, 5) is 10.1. The van der Waals surface area contributed by atoms with Crippen LogP contribution in [0.5, 0.6) is 0 Å². The summed E-state index contributed by atoms with van der Waals surface area (Å²) in [5.41, 5.74) is 0. The summed E-state index contributed by atoms with van der Waals surface area (Å²) in [6, 6.07) is 0. The van der Waals surface area contributed by atoms with Gasteiger partial charge in [0.15, 0.2) is 0 Å². The Morgan fingerprint density at radius 2 is 2.45 bits per heavy atom. The van der Waals surface area contributed by atoms with Crippen molar-refractivity contribution in [3.63, 3.8) is 0 Å². The van der Waals surface area contributed by atoms with Crippen molar-refractivity contribution >= 4 is 6.29 Å². The van der Waals surface area contributed by atoms with Gasteiger partial charge in [0.05, 0.1) is 0 Å². The molecule has 0 aromatic rings. The van der Waals surface area contributed by atoms with Gasteiger partial charge in [0.2, 0.25) is 0 Å². The Balaban J connectivity index is 2.28. The highest BCUT2D eigenvalue weighted by Gasteiger charge is 2.12. The second-order valence-corrected chi connectivity index (χ2v) is 3.51. The molecule has 1 heteroatoms. The van der Waals surface area contributed by atoms with Gasteiger partial charge in [-0.2, -0.15) is 0 Å². The Morgan fingerprint density at radius 1 is 1.64 bits per heavy atom. The monoisotopic (exact) mass is 152 g/mol. The highest BCUT2D eigenvalue weighted by Crippen LogP contribution is 2.25. The number of hydrogen-bond donors (Lipinski definition) is 0. The lowest BCUT2D eigenvalue weighted by Crippen LogP contribution is -2.08. The fourth-order valence-corrected chi connectivity index (χ4v) is 1.69. The first-order valence-corrected chi connectivity index (χ1v) is 4.43. The maximum Gasteiger partial charge on any atom is 0.120 e. The van der Waals surface area contributed by atoms with Gasteiger partial charge in [0.25, 0.3) is 0 Å². The van der Waals surface area contributed by atoms with Crippen molar-refractivity contribution in [2.75, 3.05) is 0 Å². The van der Waals surface area contributed by atoms with Crippen molar-refractivity contribution < 1.29 is 4.79 Å². The Labute approximate surface area is 68.5 Å². The van der Waals surface area contributed by atoms with E-state index in [4.69, 9.17) is 0 Å². The van der Waals surface area contributed by atoms with Crippen LogP contribution >= 0.6 is 0 Å². The minimum Gasteiger partial charge on any atom is -0.303 e. The van der Waals surface area contributed by atoms with E-state index in [1.165, 1.54) is 12.8 Å². The lowest BCUT2D eigenvalue weighted by Gasteiger charge is -2.20. The Kier molecular flexibility index (Phi) is 3.34. The fourth-order valence-electron chi connectivity index (χ4n) is 1.69. The Morgan fingerprint density at radius 3 is 3.09 bits per heavy atom. The van der Waals surface area contributed by atoms with Gasteiger partial charge >= 0.3 is 0 Å². The smallest absolute Gasteiger partial charge is 0.120 e. The van der Waals surface area contributed by atoms with Crippen LogP contribution in [-0.2, 0) is 4.79 Å². The summed E-state index contributed by atoms with van der Waals surface area (Å²) in [6.07, 6.45) is 9.80. The van der Waals surface area contributed by atoms with Gasteiger partial charge < -0.3 is 4.79 Å². The van der Waals surface area contributed by atoms with Gasteiger partial charge in [0.1, 0.15) is 6.29 Å². The zero-order valence-electron chi connectivity index (χ0n) is 7.12. The molecule has 1 aliphatic carbocycles. The number of carbonyl (C=O) groups excluding carboxylic acids is 1. The molecule has 2 atom stereocenters. The molecular weight excluding hydrogens is 136 g/mol. The molecule has 0 aliphatic heterocycles. The van der Waals surface area contributed by atoms with Crippen molar-refractivity contribution in [1.29, 1.82) is 0 Å². The second kappa shape index (κ2) is 4.32. The highest BCUT2D eigenvalue weighted by molar-refractivity contribution is 5.49. The number of allylic oxidation sites excluding steroid dienone is 2. The zero-order valence-corrected chi connectivity index (χ0v) is 7.12. The molecule has 0 aromatic carbocycles. The van der Waals surface area contributed by atoms with E-state index in [0.29, 0.717) is 5.92 Å². The third kappa shape index (κ3) is 2.87. The first-order chi connectivity index (χ1) is 5.33. The molecule has 0 heterocycles. The van der Waals surface area contributed by atoms with Gasteiger partial charge in [-0.1, -0.05) is 19.1 Å². The van der Waals surface area contributed by atoms with E-state index >= 15 is 0 Å². The maximum atomic E-state index is 10.1. The molecule has 0 saturated carbocycles.